The second-order valence-electron chi connectivity index (χ2n) is 7.93. The van der Waals surface area contributed by atoms with Crippen LogP contribution in [0.25, 0.3) is 5.76 Å². The third-order valence-electron chi connectivity index (χ3n) is 5.93. The quantitative estimate of drug-likeness (QED) is 0.354. The molecule has 0 spiro atoms. The zero-order valence-corrected chi connectivity index (χ0v) is 18.2. The van der Waals surface area contributed by atoms with E-state index in [9.17, 15) is 14.7 Å². The predicted molar refractivity (Wildman–Crippen MR) is 124 cm³/mol. The number of amides is 1. The summed E-state index contributed by atoms with van der Waals surface area (Å²) in [4.78, 5) is 28.0. The Kier molecular flexibility index (Phi) is 5.34. The number of ether oxygens (including phenoxy) is 2. The lowest BCUT2D eigenvalue weighted by Crippen LogP contribution is -2.29. The van der Waals surface area contributed by atoms with Gasteiger partial charge in [-0.1, -0.05) is 36.4 Å². The SMILES string of the molecule is CCOc1cccc(N2C(=O)C(=O)/C(=C(\O)c3ccc4c(c3)CCO4)C2c2ccccc2)c1. The number of anilines is 1. The minimum Gasteiger partial charge on any atom is -0.507 e. The van der Waals surface area contributed by atoms with Crippen molar-refractivity contribution >= 4 is 23.1 Å². The standard InChI is InChI=1S/C27H23NO5/c1-2-32-21-10-6-9-20(16-21)28-24(17-7-4-3-5-8-17)23(26(30)27(28)31)25(29)19-11-12-22-18(15-19)13-14-33-22/h3-12,15-16,24,29H,2,13-14H2,1H3/b25-23-. The molecule has 166 valence electrons. The highest BCUT2D eigenvalue weighted by atomic mass is 16.5. The van der Waals surface area contributed by atoms with E-state index in [4.69, 9.17) is 9.47 Å². The lowest BCUT2D eigenvalue weighted by molar-refractivity contribution is -0.132. The number of ketones is 1. The molecule has 0 saturated carbocycles. The van der Waals surface area contributed by atoms with E-state index in [0.29, 0.717) is 30.2 Å². The van der Waals surface area contributed by atoms with Crippen molar-refractivity contribution in [3.05, 3.63) is 95.1 Å². The molecule has 1 atom stereocenters. The predicted octanol–water partition coefficient (Wildman–Crippen LogP) is 4.65. The van der Waals surface area contributed by atoms with Gasteiger partial charge < -0.3 is 14.6 Å². The van der Waals surface area contributed by atoms with Crippen molar-refractivity contribution < 1.29 is 24.2 Å². The highest BCUT2D eigenvalue weighted by Crippen LogP contribution is 2.43. The number of Topliss-reactive ketones (excluding diaryl/α,β-unsaturated/α-hetero) is 1. The number of hydrogen-bond acceptors (Lipinski definition) is 5. The van der Waals surface area contributed by atoms with Gasteiger partial charge in [0.25, 0.3) is 11.7 Å². The van der Waals surface area contributed by atoms with Crippen LogP contribution in [-0.4, -0.2) is 30.0 Å². The van der Waals surface area contributed by atoms with Crippen molar-refractivity contribution in [2.75, 3.05) is 18.1 Å². The van der Waals surface area contributed by atoms with Crippen molar-refractivity contribution in [1.82, 2.24) is 0 Å². The highest BCUT2D eigenvalue weighted by molar-refractivity contribution is 6.51. The molecule has 0 aromatic heterocycles. The van der Waals surface area contributed by atoms with Crippen molar-refractivity contribution in [2.24, 2.45) is 0 Å². The molecular formula is C27H23NO5. The van der Waals surface area contributed by atoms with Crippen molar-refractivity contribution in [3.63, 3.8) is 0 Å². The topological polar surface area (TPSA) is 76.1 Å². The number of carbonyl (C=O) groups excluding carboxylic acids is 2. The Morgan fingerprint density at radius 3 is 2.67 bits per heavy atom. The second kappa shape index (κ2) is 8.47. The first-order chi connectivity index (χ1) is 16.1. The molecule has 0 radical (unpaired) electrons. The van der Waals surface area contributed by atoms with Gasteiger partial charge in [-0.15, -0.1) is 0 Å². The van der Waals surface area contributed by atoms with Gasteiger partial charge in [0.1, 0.15) is 17.3 Å². The van der Waals surface area contributed by atoms with Crippen LogP contribution in [-0.2, 0) is 16.0 Å². The van der Waals surface area contributed by atoms with E-state index in [2.05, 4.69) is 0 Å². The van der Waals surface area contributed by atoms with Crippen molar-refractivity contribution in [2.45, 2.75) is 19.4 Å². The second-order valence-corrected chi connectivity index (χ2v) is 7.93. The molecule has 5 rings (SSSR count). The molecule has 2 aliphatic rings. The van der Waals surface area contributed by atoms with E-state index < -0.39 is 17.7 Å². The van der Waals surface area contributed by atoms with Crippen LogP contribution < -0.4 is 14.4 Å². The number of rotatable bonds is 5. The summed E-state index contributed by atoms with van der Waals surface area (Å²) in [6, 6.07) is 20.9. The number of benzene rings is 3. The van der Waals surface area contributed by atoms with Gasteiger partial charge in [-0.25, -0.2) is 0 Å². The Morgan fingerprint density at radius 1 is 1.06 bits per heavy atom. The molecule has 1 unspecified atom stereocenters. The molecule has 0 bridgehead atoms. The van der Waals surface area contributed by atoms with Crippen LogP contribution in [0.4, 0.5) is 5.69 Å². The Balaban J connectivity index is 1.67. The normalized spacial score (nSPS) is 18.8. The Morgan fingerprint density at radius 2 is 1.88 bits per heavy atom. The van der Waals surface area contributed by atoms with Crippen molar-refractivity contribution in [3.8, 4) is 11.5 Å². The van der Waals surface area contributed by atoms with Gasteiger partial charge in [0.15, 0.2) is 0 Å². The number of aliphatic hydroxyl groups is 1. The Bertz CT molecular complexity index is 1260. The number of hydrogen-bond donors (Lipinski definition) is 1. The Labute approximate surface area is 191 Å². The molecule has 2 heterocycles. The monoisotopic (exact) mass is 441 g/mol. The molecular weight excluding hydrogens is 418 g/mol. The summed E-state index contributed by atoms with van der Waals surface area (Å²) in [6.45, 7) is 2.95. The average molecular weight is 441 g/mol. The molecule has 1 fully saturated rings. The smallest absolute Gasteiger partial charge is 0.300 e. The lowest BCUT2D eigenvalue weighted by atomic mass is 9.94. The minimum atomic E-state index is -0.771. The van der Waals surface area contributed by atoms with Crippen LogP contribution >= 0.6 is 0 Å². The van der Waals surface area contributed by atoms with Crippen LogP contribution in [0.5, 0.6) is 11.5 Å². The molecule has 1 amide bonds. The molecule has 2 aliphatic heterocycles. The van der Waals surface area contributed by atoms with E-state index in [1.54, 1.807) is 36.4 Å². The van der Waals surface area contributed by atoms with E-state index in [0.717, 1.165) is 23.3 Å². The molecule has 6 heteroatoms. The van der Waals surface area contributed by atoms with Gasteiger partial charge in [0.2, 0.25) is 0 Å². The first kappa shape index (κ1) is 20.8. The van der Waals surface area contributed by atoms with E-state index >= 15 is 0 Å². The summed E-state index contributed by atoms with van der Waals surface area (Å²) in [5.41, 5.74) is 2.77. The van der Waals surface area contributed by atoms with Crippen LogP contribution in [0.1, 0.15) is 29.7 Å². The molecule has 1 saturated heterocycles. The minimum absolute atomic E-state index is 0.0619. The van der Waals surface area contributed by atoms with Gasteiger partial charge in [0.05, 0.1) is 24.8 Å². The lowest BCUT2D eigenvalue weighted by Gasteiger charge is -2.25. The van der Waals surface area contributed by atoms with Gasteiger partial charge in [-0.05, 0) is 48.4 Å². The summed E-state index contributed by atoms with van der Waals surface area (Å²) in [6.07, 6.45) is 0.733. The number of nitrogens with zero attached hydrogens (tertiary/aromatic N) is 1. The van der Waals surface area contributed by atoms with Crippen LogP contribution in [0.2, 0.25) is 0 Å². The maximum Gasteiger partial charge on any atom is 0.300 e. The summed E-state index contributed by atoms with van der Waals surface area (Å²) in [7, 11) is 0. The zero-order valence-electron chi connectivity index (χ0n) is 18.2. The molecule has 0 aliphatic carbocycles. The fourth-order valence-electron chi connectivity index (χ4n) is 4.43. The third kappa shape index (κ3) is 3.63. The summed E-state index contributed by atoms with van der Waals surface area (Å²) in [5.74, 6) is -0.231. The van der Waals surface area contributed by atoms with Crippen LogP contribution in [0.15, 0.2) is 78.4 Å². The summed E-state index contributed by atoms with van der Waals surface area (Å²) < 4.78 is 11.2. The first-order valence-electron chi connectivity index (χ1n) is 10.9. The van der Waals surface area contributed by atoms with E-state index in [1.807, 2.05) is 43.3 Å². The first-order valence-corrected chi connectivity index (χ1v) is 10.9. The fourth-order valence-corrected chi connectivity index (χ4v) is 4.43. The van der Waals surface area contributed by atoms with E-state index in [-0.39, 0.29) is 11.3 Å². The molecule has 3 aromatic rings. The van der Waals surface area contributed by atoms with E-state index in [1.165, 1.54) is 4.90 Å². The van der Waals surface area contributed by atoms with Gasteiger partial charge >= 0.3 is 0 Å². The fraction of sp³-hybridized carbons (Fsp3) is 0.185. The third-order valence-corrected chi connectivity index (χ3v) is 5.93. The van der Waals surface area contributed by atoms with Gasteiger partial charge in [-0.3, -0.25) is 14.5 Å². The number of carbonyl (C=O) groups is 2. The van der Waals surface area contributed by atoms with Crippen LogP contribution in [0.3, 0.4) is 0 Å². The largest absolute Gasteiger partial charge is 0.507 e. The van der Waals surface area contributed by atoms with Crippen LogP contribution in [0, 0.1) is 0 Å². The summed E-state index contributed by atoms with van der Waals surface area (Å²) in [5, 5.41) is 11.3. The zero-order chi connectivity index (χ0) is 22.9. The average Bonchev–Trinajstić information content (AvgIpc) is 3.41. The summed E-state index contributed by atoms with van der Waals surface area (Å²) >= 11 is 0. The number of aliphatic hydroxyl groups excluding tert-OH is 1. The number of fused-ring (bicyclic) bond motifs is 1. The van der Waals surface area contributed by atoms with Crippen molar-refractivity contribution in [1.29, 1.82) is 0 Å². The Hall–Kier alpha value is -4.06. The van der Waals surface area contributed by atoms with Gasteiger partial charge in [-0.2, -0.15) is 0 Å². The maximum atomic E-state index is 13.3. The molecule has 3 aromatic carbocycles. The van der Waals surface area contributed by atoms with Gasteiger partial charge in [0, 0.05) is 23.7 Å². The molecule has 1 N–H and O–H groups in total. The highest BCUT2D eigenvalue weighted by Gasteiger charge is 2.47. The molecule has 33 heavy (non-hydrogen) atoms. The molecule has 6 nitrogen and oxygen atoms in total. The maximum absolute atomic E-state index is 13.3.